The molecule has 1 saturated heterocycles. The second kappa shape index (κ2) is 8.29. The smallest absolute Gasteiger partial charge is 0.317 e. The number of urea groups is 1. The molecule has 7 nitrogen and oxygen atoms in total. The Morgan fingerprint density at radius 1 is 1.27 bits per heavy atom. The number of benzene rings is 1. The maximum Gasteiger partial charge on any atom is 0.317 e. The Morgan fingerprint density at radius 3 is 2.69 bits per heavy atom. The first-order chi connectivity index (χ1) is 12.6. The van der Waals surface area contributed by atoms with Crippen molar-refractivity contribution in [1.82, 2.24) is 10.2 Å². The zero-order valence-electron chi connectivity index (χ0n) is 15.1. The molecule has 1 aromatic rings. The number of hydrogen-bond donors (Lipinski definition) is 2. The van der Waals surface area contributed by atoms with Crippen LogP contribution in [0.4, 0.5) is 4.79 Å². The number of nitrogens with zero attached hydrogens (tertiary/aromatic N) is 1. The predicted molar refractivity (Wildman–Crippen MR) is 95.4 cm³/mol. The molecule has 2 aliphatic rings. The summed E-state index contributed by atoms with van der Waals surface area (Å²) in [6.07, 6.45) is 5.10. The monoisotopic (exact) mass is 362 g/mol. The van der Waals surface area contributed by atoms with Gasteiger partial charge in [-0.1, -0.05) is 12.1 Å². The van der Waals surface area contributed by atoms with Crippen LogP contribution >= 0.6 is 0 Å². The van der Waals surface area contributed by atoms with E-state index in [1.807, 2.05) is 18.2 Å². The van der Waals surface area contributed by atoms with Crippen molar-refractivity contribution in [1.29, 1.82) is 0 Å². The first-order valence-corrected chi connectivity index (χ1v) is 9.16. The van der Waals surface area contributed by atoms with Gasteiger partial charge >= 0.3 is 12.0 Å². The number of hydrogen-bond acceptors (Lipinski definition) is 4. The molecular formula is C19H26N2O5. The Bertz CT molecular complexity index is 657. The van der Waals surface area contributed by atoms with Gasteiger partial charge in [-0.15, -0.1) is 0 Å². The third kappa shape index (κ3) is 4.20. The van der Waals surface area contributed by atoms with Crippen LogP contribution in [0.25, 0.3) is 0 Å². The molecule has 142 valence electrons. The number of methoxy groups -OCH3 is 1. The average molecular weight is 362 g/mol. The van der Waals surface area contributed by atoms with E-state index in [0.717, 1.165) is 18.4 Å². The molecule has 1 heterocycles. The molecule has 0 aromatic heterocycles. The van der Waals surface area contributed by atoms with Crippen LogP contribution in [-0.4, -0.2) is 48.3 Å². The van der Waals surface area contributed by atoms with Crippen LogP contribution in [0.3, 0.4) is 0 Å². The lowest BCUT2D eigenvalue weighted by atomic mass is 10.1. The number of carbonyl (C=O) groups is 2. The maximum absolute atomic E-state index is 12.3. The topological polar surface area (TPSA) is 88.1 Å². The Hall–Kier alpha value is -2.44. The van der Waals surface area contributed by atoms with Crippen LogP contribution in [-0.2, 0) is 11.3 Å². The van der Waals surface area contributed by atoms with E-state index in [1.165, 1.54) is 12.8 Å². The molecule has 1 atom stereocenters. The summed E-state index contributed by atoms with van der Waals surface area (Å²) in [5.41, 5.74) is 0.860. The van der Waals surface area contributed by atoms with E-state index < -0.39 is 11.9 Å². The van der Waals surface area contributed by atoms with Crippen molar-refractivity contribution in [2.45, 2.75) is 44.8 Å². The summed E-state index contributed by atoms with van der Waals surface area (Å²) in [7, 11) is 1.61. The summed E-state index contributed by atoms with van der Waals surface area (Å²) in [4.78, 5) is 24.9. The average Bonchev–Trinajstić information content (AvgIpc) is 3.32. The van der Waals surface area contributed by atoms with Gasteiger partial charge in [0.1, 0.15) is 0 Å². The van der Waals surface area contributed by atoms with E-state index in [-0.39, 0.29) is 18.7 Å². The SMILES string of the molecule is COc1cccc(CNC(=O)N2CCC(C(=O)O)C2)c1OC1CCCC1. The summed E-state index contributed by atoms with van der Waals surface area (Å²) < 4.78 is 11.6. The van der Waals surface area contributed by atoms with Gasteiger partial charge in [0.2, 0.25) is 0 Å². The fourth-order valence-electron chi connectivity index (χ4n) is 3.60. The van der Waals surface area contributed by atoms with Gasteiger partial charge in [0.15, 0.2) is 11.5 Å². The van der Waals surface area contributed by atoms with Crippen molar-refractivity contribution in [3.05, 3.63) is 23.8 Å². The highest BCUT2D eigenvalue weighted by molar-refractivity contribution is 5.77. The summed E-state index contributed by atoms with van der Waals surface area (Å²) in [5, 5.41) is 11.9. The van der Waals surface area contributed by atoms with Crippen LogP contribution in [0.2, 0.25) is 0 Å². The molecule has 3 rings (SSSR count). The van der Waals surface area contributed by atoms with E-state index in [2.05, 4.69) is 5.32 Å². The third-order valence-electron chi connectivity index (χ3n) is 5.12. The normalized spacial score (nSPS) is 20.2. The molecule has 0 spiro atoms. The number of carboxylic acid groups (broad SMARTS) is 1. The Labute approximate surface area is 153 Å². The number of amides is 2. The second-order valence-electron chi connectivity index (χ2n) is 6.90. The van der Waals surface area contributed by atoms with Crippen LogP contribution in [0.1, 0.15) is 37.7 Å². The molecule has 1 aliphatic heterocycles. The van der Waals surface area contributed by atoms with Gasteiger partial charge in [-0.05, 0) is 38.2 Å². The zero-order chi connectivity index (χ0) is 18.5. The number of carboxylic acids is 1. The number of ether oxygens (including phenoxy) is 2. The summed E-state index contributed by atoms with van der Waals surface area (Å²) in [5.74, 6) is 0.0296. The molecule has 7 heteroatoms. The van der Waals surface area contributed by atoms with Crippen molar-refractivity contribution in [2.75, 3.05) is 20.2 Å². The first-order valence-electron chi connectivity index (χ1n) is 9.16. The van der Waals surface area contributed by atoms with Gasteiger partial charge in [0, 0.05) is 25.2 Å². The molecule has 0 bridgehead atoms. The number of likely N-dealkylation sites (tertiary alicyclic amines) is 1. The van der Waals surface area contributed by atoms with Crippen LogP contribution in [0.15, 0.2) is 18.2 Å². The van der Waals surface area contributed by atoms with E-state index in [9.17, 15) is 9.59 Å². The number of nitrogens with one attached hydrogen (secondary N) is 1. The molecule has 1 aliphatic carbocycles. The molecule has 0 radical (unpaired) electrons. The van der Waals surface area contributed by atoms with Crippen molar-refractivity contribution in [2.24, 2.45) is 5.92 Å². The number of rotatable bonds is 6. The van der Waals surface area contributed by atoms with Crippen molar-refractivity contribution >= 4 is 12.0 Å². The predicted octanol–water partition coefficient (Wildman–Crippen LogP) is 2.63. The highest BCUT2D eigenvalue weighted by Crippen LogP contribution is 2.34. The highest BCUT2D eigenvalue weighted by Gasteiger charge is 2.31. The molecule has 1 saturated carbocycles. The van der Waals surface area contributed by atoms with E-state index in [0.29, 0.717) is 31.0 Å². The fourth-order valence-corrected chi connectivity index (χ4v) is 3.60. The van der Waals surface area contributed by atoms with Gasteiger partial charge in [-0.3, -0.25) is 4.79 Å². The summed E-state index contributed by atoms with van der Waals surface area (Å²) in [6, 6.07) is 5.39. The molecule has 26 heavy (non-hydrogen) atoms. The van der Waals surface area contributed by atoms with Gasteiger partial charge in [-0.25, -0.2) is 4.79 Å². The molecule has 1 aromatic carbocycles. The van der Waals surface area contributed by atoms with Crippen LogP contribution < -0.4 is 14.8 Å². The standard InChI is InChI=1S/C19H26N2O5/c1-25-16-8-4-5-13(17(16)26-15-6-2-3-7-15)11-20-19(24)21-10-9-14(12-21)18(22)23/h4-5,8,14-15H,2-3,6-7,9-12H2,1H3,(H,20,24)(H,22,23). The lowest BCUT2D eigenvalue weighted by molar-refractivity contribution is -0.141. The van der Waals surface area contributed by atoms with E-state index >= 15 is 0 Å². The van der Waals surface area contributed by atoms with Crippen molar-refractivity contribution in [3.8, 4) is 11.5 Å². The Balaban J connectivity index is 1.63. The van der Waals surface area contributed by atoms with Gasteiger partial charge < -0.3 is 24.8 Å². The number of aliphatic carboxylic acids is 1. The van der Waals surface area contributed by atoms with Crippen LogP contribution in [0.5, 0.6) is 11.5 Å². The van der Waals surface area contributed by atoms with Crippen molar-refractivity contribution < 1.29 is 24.2 Å². The maximum atomic E-state index is 12.3. The molecule has 1 unspecified atom stereocenters. The quantitative estimate of drug-likeness (QED) is 0.812. The van der Waals surface area contributed by atoms with Gasteiger partial charge in [0.05, 0.1) is 19.1 Å². The summed E-state index contributed by atoms with van der Waals surface area (Å²) >= 11 is 0. The fraction of sp³-hybridized carbons (Fsp3) is 0.579. The van der Waals surface area contributed by atoms with E-state index in [4.69, 9.17) is 14.6 Å². The number of carbonyl (C=O) groups excluding carboxylic acids is 1. The van der Waals surface area contributed by atoms with Gasteiger partial charge in [0.25, 0.3) is 0 Å². The van der Waals surface area contributed by atoms with Crippen molar-refractivity contribution in [3.63, 3.8) is 0 Å². The molecular weight excluding hydrogens is 336 g/mol. The van der Waals surface area contributed by atoms with Crippen LogP contribution in [0, 0.1) is 5.92 Å². The Morgan fingerprint density at radius 2 is 2.04 bits per heavy atom. The summed E-state index contributed by atoms with van der Waals surface area (Å²) in [6.45, 7) is 1.03. The zero-order valence-corrected chi connectivity index (χ0v) is 15.1. The van der Waals surface area contributed by atoms with Gasteiger partial charge in [-0.2, -0.15) is 0 Å². The number of para-hydroxylation sites is 1. The van der Waals surface area contributed by atoms with E-state index in [1.54, 1.807) is 12.0 Å². The highest BCUT2D eigenvalue weighted by atomic mass is 16.5. The minimum Gasteiger partial charge on any atom is -0.493 e. The minimum atomic E-state index is -0.847. The first kappa shape index (κ1) is 18.4. The third-order valence-corrected chi connectivity index (χ3v) is 5.12. The molecule has 2 fully saturated rings. The largest absolute Gasteiger partial charge is 0.493 e. The lowest BCUT2D eigenvalue weighted by Crippen LogP contribution is -2.38. The second-order valence-corrected chi connectivity index (χ2v) is 6.90. The molecule has 2 N–H and O–H groups in total. The Kier molecular flexibility index (Phi) is 5.85. The lowest BCUT2D eigenvalue weighted by Gasteiger charge is -2.21. The molecule has 2 amide bonds. The minimum absolute atomic E-state index is 0.190.